The SMILES string of the molecule is [C-]1=C[I-]C(COCC2CCCOCC2)=CS1.[CH2-]c1cccc(OC)c1.[CH2-]c1cccc(OC)c1.[Li+]. The third-order valence-electron chi connectivity index (χ3n) is 4.93. The van der Waals surface area contributed by atoms with E-state index in [1.807, 2.05) is 48.5 Å². The number of halogens is 1. The summed E-state index contributed by atoms with van der Waals surface area (Å²) in [4.78, 5) is 0. The van der Waals surface area contributed by atoms with Crippen molar-refractivity contribution in [3.8, 4) is 11.5 Å². The van der Waals surface area contributed by atoms with E-state index >= 15 is 0 Å². The van der Waals surface area contributed by atoms with Crippen LogP contribution in [0.3, 0.4) is 0 Å². The van der Waals surface area contributed by atoms with Crippen molar-refractivity contribution in [1.29, 1.82) is 0 Å². The van der Waals surface area contributed by atoms with E-state index in [0.29, 0.717) is 5.92 Å². The summed E-state index contributed by atoms with van der Waals surface area (Å²) in [7, 11) is 3.30. The van der Waals surface area contributed by atoms with E-state index in [4.69, 9.17) is 18.9 Å². The summed E-state index contributed by atoms with van der Waals surface area (Å²) in [5, 5.41) is 5.35. The van der Waals surface area contributed by atoms with E-state index in [9.17, 15) is 0 Å². The van der Waals surface area contributed by atoms with Crippen molar-refractivity contribution in [1.82, 2.24) is 0 Å². The number of hydrogen-bond donors (Lipinski definition) is 0. The summed E-state index contributed by atoms with van der Waals surface area (Å²) < 4.78 is 24.8. The largest absolute Gasteiger partial charge is 1.00 e. The molecule has 2 aliphatic heterocycles. The van der Waals surface area contributed by atoms with Gasteiger partial charge < -0.3 is 9.47 Å². The summed E-state index contributed by atoms with van der Waals surface area (Å²) in [5.74, 6) is 2.43. The Balaban J connectivity index is 0.000000278. The minimum Gasteiger partial charge on any atom is -0.510 e. The van der Waals surface area contributed by atoms with Crippen molar-refractivity contribution in [2.75, 3.05) is 40.6 Å². The first-order valence-electron chi connectivity index (χ1n) is 11.2. The van der Waals surface area contributed by atoms with Gasteiger partial charge in [0.1, 0.15) is 0 Å². The first-order chi connectivity index (χ1) is 16.6. The van der Waals surface area contributed by atoms with Gasteiger partial charge in [-0.2, -0.15) is 37.1 Å². The predicted octanol–water partition coefficient (Wildman–Crippen LogP) is 0.530. The second-order valence-electron chi connectivity index (χ2n) is 7.65. The maximum absolute atomic E-state index is 5.81. The van der Waals surface area contributed by atoms with E-state index in [1.165, 1.54) is 16.4 Å². The number of thioether (sulfide) groups is 1. The molecule has 7 heteroatoms. The van der Waals surface area contributed by atoms with Crippen LogP contribution in [0.4, 0.5) is 0 Å². The Labute approximate surface area is 238 Å². The number of methoxy groups -OCH3 is 2. The molecule has 0 spiro atoms. The first kappa shape index (κ1) is 31.9. The Bertz CT molecular complexity index is 837. The molecule has 2 heterocycles. The maximum Gasteiger partial charge on any atom is 1.00 e. The van der Waals surface area contributed by atoms with Crippen molar-refractivity contribution in [3.63, 3.8) is 0 Å². The molecule has 1 atom stereocenters. The monoisotopic (exact) mass is 601 g/mol. The molecule has 1 fully saturated rings. The summed E-state index contributed by atoms with van der Waals surface area (Å²) in [6, 6.07) is 15.3. The number of rotatable bonds is 6. The predicted molar refractivity (Wildman–Crippen MR) is 137 cm³/mol. The van der Waals surface area contributed by atoms with Crippen LogP contribution in [0.25, 0.3) is 0 Å². The second-order valence-corrected chi connectivity index (χ2v) is 11.0. The van der Waals surface area contributed by atoms with Gasteiger partial charge in [-0.05, 0) is 12.1 Å². The molecule has 0 amide bonds. The maximum atomic E-state index is 5.81. The molecule has 2 aromatic rings. The molecule has 1 unspecified atom stereocenters. The Morgan fingerprint density at radius 1 is 1.00 bits per heavy atom. The molecule has 0 saturated carbocycles. The smallest absolute Gasteiger partial charge is 0.510 e. The normalized spacial score (nSPS) is 16.9. The number of ether oxygens (including phenoxy) is 4. The molecule has 0 aliphatic carbocycles. The van der Waals surface area contributed by atoms with Crippen LogP contribution in [-0.4, -0.2) is 40.6 Å². The topological polar surface area (TPSA) is 36.9 Å². The Morgan fingerprint density at radius 2 is 1.66 bits per heavy atom. The van der Waals surface area contributed by atoms with E-state index < -0.39 is 0 Å². The van der Waals surface area contributed by atoms with Crippen LogP contribution < -0.4 is 49.5 Å². The van der Waals surface area contributed by atoms with Gasteiger partial charge in [0.15, 0.2) is 0 Å². The molecule has 35 heavy (non-hydrogen) atoms. The van der Waals surface area contributed by atoms with Gasteiger partial charge in [0, 0.05) is 0 Å². The van der Waals surface area contributed by atoms with Crippen LogP contribution in [0.1, 0.15) is 30.4 Å². The summed E-state index contributed by atoms with van der Waals surface area (Å²) in [5.41, 5.74) is 1.96. The molecule has 0 bridgehead atoms. The molecule has 0 N–H and O–H groups in total. The fraction of sp³-hybridized carbons (Fsp3) is 0.357. The van der Waals surface area contributed by atoms with Crippen LogP contribution in [-0.2, 0) is 9.47 Å². The van der Waals surface area contributed by atoms with E-state index in [0.717, 1.165) is 55.5 Å². The third kappa shape index (κ3) is 14.9. The molecule has 4 nitrogen and oxygen atoms in total. The number of hydrogen-bond acceptors (Lipinski definition) is 5. The van der Waals surface area contributed by atoms with E-state index in [1.54, 1.807) is 26.0 Å². The van der Waals surface area contributed by atoms with Gasteiger partial charge in [0.2, 0.25) is 0 Å². The van der Waals surface area contributed by atoms with Gasteiger partial charge in [-0.3, -0.25) is 0 Å². The van der Waals surface area contributed by atoms with Crippen molar-refractivity contribution in [2.24, 2.45) is 5.92 Å². The zero-order valence-corrected chi connectivity index (χ0v) is 24.1. The Hall–Kier alpha value is -1.14. The second kappa shape index (κ2) is 20.0. The van der Waals surface area contributed by atoms with Gasteiger partial charge in [-0.15, -0.1) is 24.3 Å². The summed E-state index contributed by atoms with van der Waals surface area (Å²) in [6.45, 7) is 11.1. The zero-order chi connectivity index (χ0) is 24.4. The van der Waals surface area contributed by atoms with Crippen molar-refractivity contribution in [3.05, 3.63) is 92.0 Å². The van der Waals surface area contributed by atoms with Gasteiger partial charge >= 0.3 is 131 Å². The zero-order valence-electron chi connectivity index (χ0n) is 21.1. The average Bonchev–Trinajstić information content (AvgIpc) is 3.14. The van der Waals surface area contributed by atoms with Crippen molar-refractivity contribution in [2.45, 2.75) is 19.3 Å². The molecular formula is C28H35ILiO4S-3. The average molecular weight is 601 g/mol. The van der Waals surface area contributed by atoms with Gasteiger partial charge in [0.05, 0.1) is 25.7 Å². The van der Waals surface area contributed by atoms with E-state index in [-0.39, 0.29) is 40.1 Å². The molecule has 188 valence electrons. The van der Waals surface area contributed by atoms with Crippen molar-refractivity contribution >= 4 is 11.8 Å². The molecule has 0 aromatic heterocycles. The third-order valence-corrected chi connectivity index (χ3v) is 8.47. The number of benzene rings is 2. The van der Waals surface area contributed by atoms with E-state index in [2.05, 4.69) is 28.7 Å². The standard InChI is InChI=1S/C12H17IO2S.2C8H9O.Li/c1-2-11(3-6-14-5-1)8-15-9-12-10-16-7-4-13-12;2*1-7-4-3-5-8(6-7)9-2;/h4,10-11H,1-3,5-6,8-9H2;2*3-6H,1H2,2H3;/q-2;2*-1;+1. The first-order valence-corrected chi connectivity index (χ1v) is 14.4. The van der Waals surface area contributed by atoms with Crippen LogP contribution in [0, 0.1) is 25.2 Å². The quantitative estimate of drug-likeness (QED) is 0.275. The molecule has 0 radical (unpaired) electrons. The molecule has 2 aliphatic rings. The van der Waals surface area contributed by atoms with Crippen LogP contribution >= 0.6 is 11.8 Å². The van der Waals surface area contributed by atoms with Gasteiger partial charge in [-0.1, -0.05) is 0 Å². The van der Waals surface area contributed by atoms with Crippen molar-refractivity contribution < 1.29 is 59.0 Å². The van der Waals surface area contributed by atoms with Crippen LogP contribution in [0.15, 0.2) is 61.6 Å². The molecule has 1 saturated heterocycles. The van der Waals surface area contributed by atoms with Crippen LogP contribution in [0.5, 0.6) is 11.5 Å². The molecular weight excluding hydrogens is 566 g/mol. The fourth-order valence-corrected chi connectivity index (χ4v) is 5.97. The molecule has 2 aromatic carbocycles. The Kier molecular flexibility index (Phi) is 18.2. The molecule has 4 rings (SSSR count). The van der Waals surface area contributed by atoms with Crippen LogP contribution in [0.2, 0.25) is 0 Å². The summed E-state index contributed by atoms with van der Waals surface area (Å²) in [6.07, 6.45) is 3.62. The van der Waals surface area contributed by atoms with Gasteiger partial charge in [0.25, 0.3) is 0 Å². The fourth-order valence-electron chi connectivity index (χ4n) is 3.11. The van der Waals surface area contributed by atoms with Gasteiger partial charge in [-0.25, -0.2) is 0 Å². The minimum atomic E-state index is 0. The Morgan fingerprint density at radius 3 is 2.17 bits per heavy atom. The minimum absolute atomic E-state index is 0. The summed E-state index contributed by atoms with van der Waals surface area (Å²) >= 11 is 1.72.